The molecule has 0 saturated heterocycles. The molecule has 0 atom stereocenters. The first kappa shape index (κ1) is 11.8. The zero-order chi connectivity index (χ0) is 13.4. The van der Waals surface area contributed by atoms with Crippen molar-refractivity contribution in [2.75, 3.05) is 0 Å². The lowest BCUT2D eigenvalue weighted by molar-refractivity contribution is 0.470. The molecule has 1 N–H and O–H groups in total. The summed E-state index contributed by atoms with van der Waals surface area (Å²) in [6.07, 6.45) is 0. The SMILES string of the molecule is Cc1c(O)ccc(-c2cccc3ccccc23)c1C. The summed E-state index contributed by atoms with van der Waals surface area (Å²) in [6.45, 7) is 4.02. The van der Waals surface area contributed by atoms with E-state index in [1.165, 1.54) is 21.9 Å². The molecule has 0 aliphatic rings. The number of fused-ring (bicyclic) bond motifs is 1. The standard InChI is InChI=1S/C18H16O/c1-12-13(2)18(19)11-10-15(12)17-9-5-7-14-6-3-4-8-16(14)17/h3-11,19H,1-2H3. The average Bonchev–Trinajstić information content (AvgIpc) is 2.45. The molecule has 0 aliphatic heterocycles. The number of benzene rings is 3. The fraction of sp³-hybridized carbons (Fsp3) is 0.111. The van der Waals surface area contributed by atoms with Crippen LogP contribution in [0.15, 0.2) is 54.6 Å². The summed E-state index contributed by atoms with van der Waals surface area (Å²) in [5, 5.41) is 12.3. The topological polar surface area (TPSA) is 20.2 Å². The molecule has 3 rings (SSSR count). The summed E-state index contributed by atoms with van der Waals surface area (Å²) in [5.41, 5.74) is 4.49. The van der Waals surface area contributed by atoms with Crippen LogP contribution in [0.5, 0.6) is 5.75 Å². The molecule has 0 unspecified atom stereocenters. The third kappa shape index (κ3) is 1.88. The Hall–Kier alpha value is -2.28. The molecular weight excluding hydrogens is 232 g/mol. The van der Waals surface area contributed by atoms with Crippen LogP contribution < -0.4 is 0 Å². The Balaban J connectivity index is 2.34. The largest absolute Gasteiger partial charge is 0.508 e. The molecular formula is C18H16O. The lowest BCUT2D eigenvalue weighted by Gasteiger charge is -2.12. The van der Waals surface area contributed by atoms with Gasteiger partial charge in [-0.2, -0.15) is 0 Å². The van der Waals surface area contributed by atoms with Crippen molar-refractivity contribution in [1.82, 2.24) is 0 Å². The molecule has 3 aromatic rings. The normalized spacial score (nSPS) is 10.8. The van der Waals surface area contributed by atoms with Gasteiger partial charge in [-0.05, 0) is 52.9 Å². The Morgan fingerprint density at radius 3 is 2.26 bits per heavy atom. The predicted octanol–water partition coefficient (Wildman–Crippen LogP) is 4.83. The van der Waals surface area contributed by atoms with E-state index in [2.05, 4.69) is 49.4 Å². The maximum atomic E-state index is 9.78. The van der Waals surface area contributed by atoms with E-state index < -0.39 is 0 Å². The number of phenolic OH excluding ortho intramolecular Hbond substituents is 1. The van der Waals surface area contributed by atoms with Crippen molar-refractivity contribution >= 4 is 10.8 Å². The molecule has 1 heteroatoms. The maximum Gasteiger partial charge on any atom is 0.118 e. The second kappa shape index (κ2) is 4.43. The molecule has 1 nitrogen and oxygen atoms in total. The van der Waals surface area contributed by atoms with Crippen molar-refractivity contribution in [2.24, 2.45) is 0 Å². The van der Waals surface area contributed by atoms with Crippen LogP contribution in [0.4, 0.5) is 0 Å². The van der Waals surface area contributed by atoms with Gasteiger partial charge in [-0.25, -0.2) is 0 Å². The summed E-state index contributed by atoms with van der Waals surface area (Å²) in [6, 6.07) is 18.5. The van der Waals surface area contributed by atoms with Crippen LogP contribution in [0.25, 0.3) is 21.9 Å². The molecule has 0 fully saturated rings. The van der Waals surface area contributed by atoms with Crippen molar-refractivity contribution in [2.45, 2.75) is 13.8 Å². The summed E-state index contributed by atoms with van der Waals surface area (Å²) < 4.78 is 0. The molecule has 0 aliphatic carbocycles. The second-order valence-corrected chi connectivity index (χ2v) is 4.91. The first-order valence-electron chi connectivity index (χ1n) is 6.46. The van der Waals surface area contributed by atoms with Crippen LogP contribution in [0, 0.1) is 13.8 Å². The van der Waals surface area contributed by atoms with Crippen LogP contribution in [-0.2, 0) is 0 Å². The number of aromatic hydroxyl groups is 1. The van der Waals surface area contributed by atoms with Gasteiger partial charge < -0.3 is 5.11 Å². The third-order valence-electron chi connectivity index (χ3n) is 3.84. The van der Waals surface area contributed by atoms with Crippen molar-refractivity contribution in [1.29, 1.82) is 0 Å². The van der Waals surface area contributed by atoms with Gasteiger partial charge in [0.25, 0.3) is 0 Å². The Morgan fingerprint density at radius 1 is 0.684 bits per heavy atom. The summed E-state index contributed by atoms with van der Waals surface area (Å²) >= 11 is 0. The molecule has 0 radical (unpaired) electrons. The van der Waals surface area contributed by atoms with Crippen molar-refractivity contribution in [3.05, 3.63) is 65.7 Å². The molecule has 0 bridgehead atoms. The van der Waals surface area contributed by atoms with Crippen molar-refractivity contribution in [3.8, 4) is 16.9 Å². The number of phenols is 1. The van der Waals surface area contributed by atoms with Gasteiger partial charge in [-0.15, -0.1) is 0 Å². The van der Waals surface area contributed by atoms with Gasteiger partial charge in [0.05, 0.1) is 0 Å². The Bertz CT molecular complexity index is 751. The Morgan fingerprint density at radius 2 is 1.42 bits per heavy atom. The molecule has 94 valence electrons. The first-order valence-corrected chi connectivity index (χ1v) is 6.46. The first-order chi connectivity index (χ1) is 9.18. The quantitative estimate of drug-likeness (QED) is 0.654. The zero-order valence-corrected chi connectivity index (χ0v) is 11.1. The minimum Gasteiger partial charge on any atom is -0.508 e. The number of rotatable bonds is 1. The minimum atomic E-state index is 0.362. The highest BCUT2D eigenvalue weighted by Crippen LogP contribution is 2.34. The van der Waals surface area contributed by atoms with E-state index in [1.54, 1.807) is 6.07 Å². The molecule has 0 spiro atoms. The second-order valence-electron chi connectivity index (χ2n) is 4.91. The lowest BCUT2D eigenvalue weighted by Crippen LogP contribution is -1.89. The molecule has 0 amide bonds. The van der Waals surface area contributed by atoms with Gasteiger partial charge in [0, 0.05) is 0 Å². The predicted molar refractivity (Wildman–Crippen MR) is 80.5 cm³/mol. The lowest BCUT2D eigenvalue weighted by atomic mass is 9.93. The van der Waals surface area contributed by atoms with E-state index in [0.29, 0.717) is 5.75 Å². The average molecular weight is 248 g/mol. The van der Waals surface area contributed by atoms with E-state index in [0.717, 1.165) is 11.1 Å². The minimum absolute atomic E-state index is 0.362. The summed E-state index contributed by atoms with van der Waals surface area (Å²) in [5.74, 6) is 0.362. The fourth-order valence-electron chi connectivity index (χ4n) is 2.56. The Kier molecular flexibility index (Phi) is 2.75. The van der Waals surface area contributed by atoms with Crippen LogP contribution >= 0.6 is 0 Å². The Labute approximate surface area is 113 Å². The van der Waals surface area contributed by atoms with Crippen molar-refractivity contribution in [3.63, 3.8) is 0 Å². The van der Waals surface area contributed by atoms with Gasteiger partial charge in [-0.1, -0.05) is 48.5 Å². The third-order valence-corrected chi connectivity index (χ3v) is 3.84. The van der Waals surface area contributed by atoms with E-state index in [9.17, 15) is 5.11 Å². The van der Waals surface area contributed by atoms with Gasteiger partial charge in [0.15, 0.2) is 0 Å². The summed E-state index contributed by atoms with van der Waals surface area (Å²) in [7, 11) is 0. The number of hydrogen-bond donors (Lipinski definition) is 1. The molecule has 0 heterocycles. The van der Waals surface area contributed by atoms with E-state index >= 15 is 0 Å². The van der Waals surface area contributed by atoms with Gasteiger partial charge >= 0.3 is 0 Å². The highest BCUT2D eigenvalue weighted by Gasteiger charge is 2.09. The summed E-state index contributed by atoms with van der Waals surface area (Å²) in [4.78, 5) is 0. The highest BCUT2D eigenvalue weighted by atomic mass is 16.3. The number of hydrogen-bond acceptors (Lipinski definition) is 1. The van der Waals surface area contributed by atoms with Gasteiger partial charge in [0.1, 0.15) is 5.75 Å². The van der Waals surface area contributed by atoms with Gasteiger partial charge in [-0.3, -0.25) is 0 Å². The smallest absolute Gasteiger partial charge is 0.118 e. The van der Waals surface area contributed by atoms with Crippen molar-refractivity contribution < 1.29 is 5.11 Å². The molecule has 0 aromatic heterocycles. The molecule has 3 aromatic carbocycles. The van der Waals surface area contributed by atoms with Crippen LogP contribution in [0.3, 0.4) is 0 Å². The van der Waals surface area contributed by atoms with Gasteiger partial charge in [0.2, 0.25) is 0 Å². The van der Waals surface area contributed by atoms with Crippen LogP contribution in [0.1, 0.15) is 11.1 Å². The zero-order valence-electron chi connectivity index (χ0n) is 11.1. The van der Waals surface area contributed by atoms with Crippen LogP contribution in [-0.4, -0.2) is 5.11 Å². The van der Waals surface area contributed by atoms with E-state index in [4.69, 9.17) is 0 Å². The molecule has 19 heavy (non-hydrogen) atoms. The van der Waals surface area contributed by atoms with E-state index in [-0.39, 0.29) is 0 Å². The monoisotopic (exact) mass is 248 g/mol. The fourth-order valence-corrected chi connectivity index (χ4v) is 2.56. The highest BCUT2D eigenvalue weighted by molar-refractivity contribution is 5.97. The van der Waals surface area contributed by atoms with Crippen LogP contribution in [0.2, 0.25) is 0 Å². The molecule has 0 saturated carbocycles. The maximum absolute atomic E-state index is 9.78. The van der Waals surface area contributed by atoms with E-state index in [1.807, 2.05) is 13.0 Å².